The van der Waals surface area contributed by atoms with Crippen molar-refractivity contribution < 1.29 is 74.5 Å². The molecule has 0 radical (unpaired) electrons. The van der Waals surface area contributed by atoms with E-state index in [1.807, 2.05) is 132 Å². The Hall–Kier alpha value is -15.8. The predicted octanol–water partition coefficient (Wildman–Crippen LogP) is 13.0. The van der Waals surface area contributed by atoms with Crippen LogP contribution >= 0.6 is 0 Å². The first-order valence-electron chi connectivity index (χ1n) is 43.6. The van der Waals surface area contributed by atoms with Crippen LogP contribution in [-0.2, 0) is 40.4 Å². The standard InChI is InChI=1S/C26H26N6O2.C25H29N5O3.C24H24F3N5O3.C24H25F2N5O3/c1-16-6-3-4-8-21(16)26(34)30-14-18-9-11-19(12-10-18)23-22(25(28)33)24(27)32(31-23)17(2)20-7-5-13-29-15-20;1-15-6-4-5-7-19(15)24(32)28-13-16-8-10-17(11-9-16)21-20(23(27)31)22(26)30(29-21)18-12-25(2,3)33-14-18;1-12-2-3-14(25)9-16(12)24(34)30-11-13-8-19(27)17(10-18(13)26)21-20(23(29)33)22(28)32(31-21)15-4-6-35-7-5-15;1-13-4-2-3-5-16(13)24(33)29-12-14-10-19(26)17(11-18(14)25)21-20(23(28)32)22(27)31(30-21)15-6-8-34-9-7-15/h3-13,15,17H,14,27H2,1-2H3,(H2,28,33)(H,30,34);4-11,18H,12-14,26H2,1-3H3,(H2,27,31)(H,28,32);2-3,8-10,15H,4-7,11,28H2,1H3,(H2,29,33)(H,30,34);2-5,10-11,15H,6-9,12,27H2,1H3,(H2,28,32)(H,29,33). The normalized spacial score (nSPS) is 14.3. The second kappa shape index (κ2) is 42.9. The van der Waals surface area contributed by atoms with E-state index in [1.165, 1.54) is 21.5 Å². The molecule has 13 aromatic rings. The first kappa shape index (κ1) is 97.8. The number of carbonyl (C=O) groups is 8. The number of nitrogen functional groups attached to an aromatic ring is 4. The molecule has 3 aliphatic heterocycles. The molecule has 3 saturated heterocycles. The number of rotatable bonds is 25. The van der Waals surface area contributed by atoms with Crippen molar-refractivity contribution in [3.63, 3.8) is 0 Å². The van der Waals surface area contributed by atoms with Gasteiger partial charge in [-0.05, 0) is 174 Å². The number of aromatic nitrogens is 9. The number of halogens is 5. The number of nitrogens with two attached hydrogens (primary N) is 8. The van der Waals surface area contributed by atoms with Gasteiger partial charge in [0.25, 0.3) is 47.3 Å². The lowest BCUT2D eigenvalue weighted by Crippen LogP contribution is -2.24. The molecule has 0 aliphatic carbocycles. The van der Waals surface area contributed by atoms with E-state index in [-0.39, 0.29) is 139 Å². The number of nitrogens with one attached hydrogen (secondary N) is 4. The highest BCUT2D eigenvalue weighted by molar-refractivity contribution is 6.06. The maximum absolute atomic E-state index is 15.1. The molecule has 37 heteroatoms. The largest absolute Gasteiger partial charge is 0.383 e. The maximum atomic E-state index is 15.1. The van der Waals surface area contributed by atoms with Crippen molar-refractivity contribution in [3.8, 4) is 45.0 Å². The molecule has 0 bridgehead atoms. The summed E-state index contributed by atoms with van der Waals surface area (Å²) in [7, 11) is 0. The van der Waals surface area contributed by atoms with Crippen molar-refractivity contribution in [2.75, 3.05) is 56.0 Å². The Balaban J connectivity index is 0.000000153. The van der Waals surface area contributed by atoms with Crippen LogP contribution in [0.5, 0.6) is 0 Å². The third-order valence-corrected chi connectivity index (χ3v) is 23.8. The van der Waals surface area contributed by atoms with Gasteiger partial charge in [0.15, 0.2) is 0 Å². The number of ether oxygens (including phenoxy) is 3. The highest BCUT2D eigenvalue weighted by atomic mass is 19.1. The third-order valence-electron chi connectivity index (χ3n) is 23.8. The Morgan fingerprint density at radius 2 is 0.787 bits per heavy atom. The zero-order valence-corrected chi connectivity index (χ0v) is 75.6. The van der Waals surface area contributed by atoms with Gasteiger partial charge in [-0.2, -0.15) is 20.4 Å². The second-order valence-electron chi connectivity index (χ2n) is 33.6. The van der Waals surface area contributed by atoms with Crippen LogP contribution in [0.15, 0.2) is 188 Å². The summed E-state index contributed by atoms with van der Waals surface area (Å²) in [5.41, 5.74) is 55.8. The van der Waals surface area contributed by atoms with Gasteiger partial charge >= 0.3 is 0 Å². The highest BCUT2D eigenvalue weighted by Gasteiger charge is 2.38. The number of benzene rings is 8. The SMILES string of the molecule is Cc1ccc(F)cc1C(=O)NCc1cc(F)c(-c2nn(C3CCOCC3)c(N)c2C(N)=O)cc1F.Cc1ccccc1C(=O)NCc1cc(F)c(-c2nn(C3CCOCC3)c(N)c2C(N)=O)cc1F.Cc1ccccc1C(=O)NCc1ccc(-c2nn(C(C)c3cccnc3)c(N)c2C(N)=O)cc1.Cc1ccccc1C(=O)NCc1ccc(-c2nn(C3COC(C)(C)C3)c(N)c2C(N)=O)cc1. The van der Waals surface area contributed by atoms with E-state index >= 15 is 8.78 Å². The summed E-state index contributed by atoms with van der Waals surface area (Å²) in [4.78, 5) is 103. The van der Waals surface area contributed by atoms with Crippen LogP contribution in [0.2, 0.25) is 0 Å². The van der Waals surface area contributed by atoms with Gasteiger partial charge in [-0.25, -0.2) is 40.7 Å². The Morgan fingerprint density at radius 1 is 0.419 bits per heavy atom. The number of hydrogen-bond donors (Lipinski definition) is 12. The number of carbonyl (C=O) groups excluding carboxylic acids is 8. The fraction of sp³-hybridized carbons (Fsp3) is 0.263. The number of hydrogen-bond acceptors (Lipinski definition) is 20. The van der Waals surface area contributed by atoms with Crippen molar-refractivity contribution in [3.05, 3.63) is 312 Å². The van der Waals surface area contributed by atoms with Crippen LogP contribution in [0.25, 0.3) is 45.0 Å². The van der Waals surface area contributed by atoms with Crippen molar-refractivity contribution in [1.82, 2.24) is 65.4 Å². The van der Waals surface area contributed by atoms with Crippen molar-refractivity contribution >= 4 is 70.5 Å². The monoisotopic (exact) mass is 1860 g/mol. The van der Waals surface area contributed by atoms with E-state index in [0.717, 1.165) is 75.7 Å². The van der Waals surface area contributed by atoms with E-state index in [2.05, 4.69) is 46.6 Å². The van der Waals surface area contributed by atoms with Gasteiger partial charge in [-0.15, -0.1) is 0 Å². The molecule has 20 N–H and O–H groups in total. The first-order valence-corrected chi connectivity index (χ1v) is 43.6. The number of aryl methyl sites for hydroxylation is 4. The van der Waals surface area contributed by atoms with Crippen LogP contribution < -0.4 is 67.1 Å². The third kappa shape index (κ3) is 22.4. The van der Waals surface area contributed by atoms with Gasteiger partial charge in [-0.3, -0.25) is 43.3 Å². The van der Waals surface area contributed by atoms with Crippen LogP contribution in [0.1, 0.15) is 210 Å². The molecule has 0 saturated carbocycles. The van der Waals surface area contributed by atoms with E-state index in [1.54, 1.807) is 72.0 Å². The summed E-state index contributed by atoms with van der Waals surface area (Å²) < 4.78 is 96.1. The van der Waals surface area contributed by atoms with Gasteiger partial charge < -0.3 is 81.3 Å². The predicted molar refractivity (Wildman–Crippen MR) is 501 cm³/mol. The molecular formula is C99H104F5N21O11. The Bertz CT molecular complexity index is 6670. The zero-order chi connectivity index (χ0) is 97.7. The lowest BCUT2D eigenvalue weighted by atomic mass is 10.0. The van der Waals surface area contributed by atoms with Gasteiger partial charge in [0.05, 0.1) is 36.4 Å². The molecule has 5 aromatic heterocycles. The summed E-state index contributed by atoms with van der Waals surface area (Å²) in [6.45, 7) is 15.8. The van der Waals surface area contributed by atoms with Crippen molar-refractivity contribution in [2.45, 2.75) is 137 Å². The average Bonchev–Trinajstić information content (AvgIpc) is 1.63. The molecule has 136 heavy (non-hydrogen) atoms. The lowest BCUT2D eigenvalue weighted by molar-refractivity contribution is 0.0350. The molecule has 706 valence electrons. The van der Waals surface area contributed by atoms with Gasteiger partial charge in [0, 0.05) is 127 Å². The number of nitrogens with zero attached hydrogens (tertiary/aromatic N) is 9. The summed E-state index contributed by atoms with van der Waals surface area (Å²) in [5, 5.41) is 28.8. The molecule has 3 aliphatic rings. The van der Waals surface area contributed by atoms with E-state index < -0.39 is 64.5 Å². The fourth-order valence-corrected chi connectivity index (χ4v) is 16.3. The molecular weight excluding hydrogens is 1750 g/mol. The van der Waals surface area contributed by atoms with Crippen molar-refractivity contribution in [1.29, 1.82) is 0 Å². The Labute approximate surface area is 779 Å². The van der Waals surface area contributed by atoms with Gasteiger partial charge in [-0.1, -0.05) is 115 Å². The van der Waals surface area contributed by atoms with Gasteiger partial charge in [0.1, 0.15) is 97.4 Å². The summed E-state index contributed by atoms with van der Waals surface area (Å²) >= 11 is 0. The van der Waals surface area contributed by atoms with Crippen molar-refractivity contribution in [2.24, 2.45) is 22.9 Å². The average molecular weight is 1860 g/mol. The zero-order valence-electron chi connectivity index (χ0n) is 75.6. The van der Waals surface area contributed by atoms with E-state index in [0.29, 0.717) is 111 Å². The minimum absolute atomic E-state index is 0.00350. The van der Waals surface area contributed by atoms with Gasteiger partial charge in [0.2, 0.25) is 0 Å². The molecule has 0 spiro atoms. The molecule has 3 fully saturated rings. The molecule has 2 unspecified atom stereocenters. The molecule has 2 atom stereocenters. The minimum atomic E-state index is -0.919. The Morgan fingerprint density at radius 3 is 1.18 bits per heavy atom. The molecule has 32 nitrogen and oxygen atoms in total. The fourth-order valence-electron chi connectivity index (χ4n) is 16.3. The number of amides is 8. The quantitative estimate of drug-likeness (QED) is 0.0236. The van der Waals surface area contributed by atoms with E-state index in [9.17, 15) is 51.5 Å². The van der Waals surface area contributed by atoms with Crippen LogP contribution in [0.4, 0.5) is 45.2 Å². The Kier molecular flexibility index (Phi) is 30.8. The molecule has 8 amide bonds. The summed E-state index contributed by atoms with van der Waals surface area (Å²) in [5.74, 6) is -7.84. The number of pyridine rings is 1. The topological polar surface area (TPSA) is 505 Å². The molecule has 8 aromatic carbocycles. The lowest BCUT2D eigenvalue weighted by Gasteiger charge is -2.23. The molecule has 8 heterocycles. The second-order valence-corrected chi connectivity index (χ2v) is 33.6. The highest BCUT2D eigenvalue weighted by Crippen LogP contribution is 2.41. The van der Waals surface area contributed by atoms with E-state index in [4.69, 9.17) is 60.1 Å². The minimum Gasteiger partial charge on any atom is -0.383 e. The van der Waals surface area contributed by atoms with Crippen LogP contribution in [0, 0.1) is 56.8 Å². The first-order chi connectivity index (χ1) is 65.0. The maximum Gasteiger partial charge on any atom is 0.254 e. The number of anilines is 4. The smallest absolute Gasteiger partial charge is 0.254 e. The molecule has 16 rings (SSSR count). The number of primary amides is 4. The summed E-state index contributed by atoms with van der Waals surface area (Å²) in [6.07, 6.45) is 6.55. The summed E-state index contributed by atoms with van der Waals surface area (Å²) in [6, 6.07) is 47.3. The van der Waals surface area contributed by atoms with Crippen LogP contribution in [0.3, 0.4) is 0 Å². The van der Waals surface area contributed by atoms with Crippen LogP contribution in [-0.4, -0.2) is 130 Å².